The van der Waals surface area contributed by atoms with E-state index in [1.165, 1.54) is 64.2 Å². The topological polar surface area (TPSA) is 26.0 Å². The molecule has 1 heteroatoms. The first kappa shape index (κ1) is 18.2. The van der Waals surface area contributed by atoms with E-state index in [4.69, 9.17) is 5.73 Å². The smallest absolute Gasteiger partial charge is 0.00388 e. The third-order valence-electron chi connectivity index (χ3n) is 3.37. The van der Waals surface area contributed by atoms with E-state index in [0.717, 1.165) is 0 Å². The van der Waals surface area contributed by atoms with Crippen molar-refractivity contribution in [3.05, 3.63) is 37.0 Å². The molecule has 0 saturated carbocycles. The zero-order valence-electron chi connectivity index (χ0n) is 12.8. The molecule has 1 unspecified atom stereocenters. The quantitative estimate of drug-likeness (QED) is 0.343. The summed E-state index contributed by atoms with van der Waals surface area (Å²) >= 11 is 0. The Labute approximate surface area is 120 Å². The first-order valence-corrected chi connectivity index (χ1v) is 8.01. The van der Waals surface area contributed by atoms with Crippen LogP contribution < -0.4 is 5.73 Å². The number of hydrogen-bond donors (Lipinski definition) is 1. The summed E-state index contributed by atoms with van der Waals surface area (Å²) in [5.41, 5.74) is 6.10. The standard InChI is InChI=1S/C18H33N/c1-3-5-7-8-9-10-11-12-13-15-17-18(19)16-14-6-4-2/h3,5,7-9,18H,1,4,6,10-17,19H2,2H3/b7-5+,9-8?. The molecular formula is C18H33N. The second-order valence-electron chi connectivity index (χ2n) is 5.30. The lowest BCUT2D eigenvalue weighted by molar-refractivity contribution is 0.495. The fourth-order valence-corrected chi connectivity index (χ4v) is 2.14. The van der Waals surface area contributed by atoms with Crippen molar-refractivity contribution in [2.75, 3.05) is 0 Å². The van der Waals surface area contributed by atoms with Crippen molar-refractivity contribution in [3.63, 3.8) is 0 Å². The van der Waals surface area contributed by atoms with Gasteiger partial charge in [-0.05, 0) is 25.7 Å². The highest BCUT2D eigenvalue weighted by Crippen LogP contribution is 2.11. The average molecular weight is 263 g/mol. The fourth-order valence-electron chi connectivity index (χ4n) is 2.14. The Morgan fingerprint density at radius 1 is 0.895 bits per heavy atom. The van der Waals surface area contributed by atoms with Crippen molar-refractivity contribution in [3.8, 4) is 0 Å². The van der Waals surface area contributed by atoms with Gasteiger partial charge in [-0.1, -0.05) is 82.4 Å². The predicted octanol–water partition coefficient (Wildman–Crippen LogP) is 5.53. The first-order valence-electron chi connectivity index (χ1n) is 8.01. The molecule has 0 amide bonds. The number of nitrogens with two attached hydrogens (primary N) is 1. The van der Waals surface area contributed by atoms with Crippen molar-refractivity contribution in [2.24, 2.45) is 5.73 Å². The lowest BCUT2D eigenvalue weighted by atomic mass is 10.0. The van der Waals surface area contributed by atoms with Crippen LogP contribution in [0.5, 0.6) is 0 Å². The maximum atomic E-state index is 6.10. The lowest BCUT2D eigenvalue weighted by Gasteiger charge is -2.10. The van der Waals surface area contributed by atoms with Gasteiger partial charge in [-0.2, -0.15) is 0 Å². The highest BCUT2D eigenvalue weighted by atomic mass is 14.6. The Balaban J connectivity index is 3.23. The number of rotatable bonds is 13. The molecule has 1 atom stereocenters. The Bertz CT molecular complexity index is 240. The molecule has 0 rings (SSSR count). The number of allylic oxidation sites excluding steroid dienone is 5. The Hall–Kier alpha value is -0.820. The molecule has 2 N–H and O–H groups in total. The molecule has 19 heavy (non-hydrogen) atoms. The van der Waals surface area contributed by atoms with Crippen molar-refractivity contribution >= 4 is 0 Å². The van der Waals surface area contributed by atoms with Crippen LogP contribution in [0.4, 0.5) is 0 Å². The zero-order chi connectivity index (χ0) is 14.2. The molecule has 1 nitrogen and oxygen atoms in total. The van der Waals surface area contributed by atoms with E-state index in [1.807, 2.05) is 12.2 Å². The highest BCUT2D eigenvalue weighted by Gasteiger charge is 2.01. The summed E-state index contributed by atoms with van der Waals surface area (Å²) in [5.74, 6) is 0. The SMILES string of the molecule is C=C/C=C/C=CCCCCCCC(N)CCCCC. The van der Waals surface area contributed by atoms with E-state index in [2.05, 4.69) is 25.7 Å². The van der Waals surface area contributed by atoms with Crippen LogP contribution in [-0.4, -0.2) is 6.04 Å². The minimum atomic E-state index is 0.440. The summed E-state index contributed by atoms with van der Waals surface area (Å²) in [5, 5.41) is 0. The average Bonchev–Trinajstić information content (AvgIpc) is 2.41. The van der Waals surface area contributed by atoms with E-state index >= 15 is 0 Å². The van der Waals surface area contributed by atoms with Gasteiger partial charge in [0.15, 0.2) is 0 Å². The van der Waals surface area contributed by atoms with Gasteiger partial charge in [0, 0.05) is 6.04 Å². The molecular weight excluding hydrogens is 230 g/mol. The van der Waals surface area contributed by atoms with Crippen molar-refractivity contribution in [2.45, 2.75) is 77.2 Å². The van der Waals surface area contributed by atoms with Gasteiger partial charge < -0.3 is 5.73 Å². The Morgan fingerprint density at radius 3 is 2.26 bits per heavy atom. The van der Waals surface area contributed by atoms with Crippen molar-refractivity contribution in [1.82, 2.24) is 0 Å². The van der Waals surface area contributed by atoms with E-state index in [0.29, 0.717) is 6.04 Å². The van der Waals surface area contributed by atoms with Crippen LogP contribution in [-0.2, 0) is 0 Å². The van der Waals surface area contributed by atoms with E-state index in [1.54, 1.807) is 6.08 Å². The van der Waals surface area contributed by atoms with Crippen LogP contribution in [0, 0.1) is 0 Å². The molecule has 0 spiro atoms. The largest absolute Gasteiger partial charge is 0.328 e. The summed E-state index contributed by atoms with van der Waals surface area (Å²) in [7, 11) is 0. The Kier molecular flexibility index (Phi) is 14.6. The van der Waals surface area contributed by atoms with Crippen LogP contribution in [0.1, 0.15) is 71.1 Å². The summed E-state index contributed by atoms with van der Waals surface area (Å²) < 4.78 is 0. The summed E-state index contributed by atoms with van der Waals surface area (Å²) in [6.45, 7) is 5.88. The lowest BCUT2D eigenvalue weighted by Crippen LogP contribution is -2.19. The van der Waals surface area contributed by atoms with Gasteiger partial charge in [-0.15, -0.1) is 0 Å². The number of unbranched alkanes of at least 4 members (excludes halogenated alkanes) is 6. The second-order valence-corrected chi connectivity index (χ2v) is 5.30. The minimum Gasteiger partial charge on any atom is -0.328 e. The summed E-state index contributed by atoms with van der Waals surface area (Å²) in [6.07, 6.45) is 22.9. The van der Waals surface area contributed by atoms with E-state index in [9.17, 15) is 0 Å². The van der Waals surface area contributed by atoms with Gasteiger partial charge in [0.05, 0.1) is 0 Å². The predicted molar refractivity (Wildman–Crippen MR) is 88.3 cm³/mol. The molecule has 0 bridgehead atoms. The molecule has 0 radical (unpaired) electrons. The molecule has 0 fully saturated rings. The van der Waals surface area contributed by atoms with Crippen molar-refractivity contribution in [1.29, 1.82) is 0 Å². The molecule has 0 aromatic carbocycles. The normalized spacial score (nSPS) is 13.4. The molecule has 0 heterocycles. The second kappa shape index (κ2) is 15.2. The molecule has 0 aliphatic rings. The molecule has 0 aliphatic carbocycles. The van der Waals surface area contributed by atoms with Gasteiger partial charge in [-0.3, -0.25) is 0 Å². The van der Waals surface area contributed by atoms with Gasteiger partial charge in [0.2, 0.25) is 0 Å². The Morgan fingerprint density at radius 2 is 1.58 bits per heavy atom. The zero-order valence-corrected chi connectivity index (χ0v) is 12.8. The fraction of sp³-hybridized carbons (Fsp3) is 0.667. The monoisotopic (exact) mass is 263 g/mol. The van der Waals surface area contributed by atoms with Gasteiger partial charge in [0.25, 0.3) is 0 Å². The molecule has 110 valence electrons. The number of hydrogen-bond acceptors (Lipinski definition) is 1. The third kappa shape index (κ3) is 15.1. The summed E-state index contributed by atoms with van der Waals surface area (Å²) in [4.78, 5) is 0. The van der Waals surface area contributed by atoms with Crippen LogP contribution in [0.3, 0.4) is 0 Å². The van der Waals surface area contributed by atoms with Gasteiger partial charge in [0.1, 0.15) is 0 Å². The van der Waals surface area contributed by atoms with E-state index in [-0.39, 0.29) is 0 Å². The molecule has 0 aromatic rings. The van der Waals surface area contributed by atoms with Gasteiger partial charge in [-0.25, -0.2) is 0 Å². The maximum Gasteiger partial charge on any atom is 0.00388 e. The third-order valence-corrected chi connectivity index (χ3v) is 3.37. The first-order chi connectivity index (χ1) is 9.31. The highest BCUT2D eigenvalue weighted by molar-refractivity contribution is 5.08. The molecule has 0 saturated heterocycles. The van der Waals surface area contributed by atoms with Crippen LogP contribution in [0.2, 0.25) is 0 Å². The van der Waals surface area contributed by atoms with Gasteiger partial charge >= 0.3 is 0 Å². The molecule has 0 aliphatic heterocycles. The van der Waals surface area contributed by atoms with Crippen molar-refractivity contribution < 1.29 is 0 Å². The summed E-state index contributed by atoms with van der Waals surface area (Å²) in [6, 6.07) is 0.440. The minimum absolute atomic E-state index is 0.440. The van der Waals surface area contributed by atoms with Crippen LogP contribution in [0.15, 0.2) is 37.0 Å². The van der Waals surface area contributed by atoms with Crippen LogP contribution >= 0.6 is 0 Å². The van der Waals surface area contributed by atoms with E-state index < -0.39 is 0 Å². The van der Waals surface area contributed by atoms with Crippen LogP contribution in [0.25, 0.3) is 0 Å². The maximum absolute atomic E-state index is 6.10. The molecule has 0 aromatic heterocycles.